The van der Waals surface area contributed by atoms with Crippen molar-refractivity contribution in [1.29, 1.82) is 0 Å². The molecule has 0 aliphatic carbocycles. The van der Waals surface area contributed by atoms with Gasteiger partial charge in [-0.2, -0.15) is 5.10 Å². The van der Waals surface area contributed by atoms with Gasteiger partial charge in [0, 0.05) is 19.3 Å². The van der Waals surface area contributed by atoms with Crippen molar-refractivity contribution in [3.8, 4) is 0 Å². The summed E-state index contributed by atoms with van der Waals surface area (Å²) in [6, 6.07) is 15.9. The van der Waals surface area contributed by atoms with Crippen LogP contribution in [0.25, 0.3) is 10.8 Å². The SMILES string of the molecule is Cn1ccc(NC(=O)Cc2cccc3ccccc23)n1. The van der Waals surface area contributed by atoms with E-state index < -0.39 is 0 Å². The highest BCUT2D eigenvalue weighted by molar-refractivity contribution is 5.95. The van der Waals surface area contributed by atoms with Crippen molar-refractivity contribution in [2.45, 2.75) is 6.42 Å². The second-order valence-corrected chi connectivity index (χ2v) is 4.74. The summed E-state index contributed by atoms with van der Waals surface area (Å²) in [7, 11) is 1.82. The van der Waals surface area contributed by atoms with Crippen LogP contribution >= 0.6 is 0 Å². The number of aryl methyl sites for hydroxylation is 1. The maximum Gasteiger partial charge on any atom is 0.230 e. The van der Waals surface area contributed by atoms with Crippen molar-refractivity contribution in [2.24, 2.45) is 7.05 Å². The smallest absolute Gasteiger partial charge is 0.230 e. The lowest BCUT2D eigenvalue weighted by molar-refractivity contribution is -0.115. The number of fused-ring (bicyclic) bond motifs is 1. The Morgan fingerprint density at radius 1 is 1.15 bits per heavy atom. The van der Waals surface area contributed by atoms with E-state index in [0.717, 1.165) is 16.3 Å². The van der Waals surface area contributed by atoms with Crippen LogP contribution in [0.15, 0.2) is 54.7 Å². The summed E-state index contributed by atoms with van der Waals surface area (Å²) in [5.41, 5.74) is 1.02. The van der Waals surface area contributed by atoms with Gasteiger partial charge in [0.25, 0.3) is 0 Å². The fourth-order valence-electron chi connectivity index (χ4n) is 2.29. The Morgan fingerprint density at radius 2 is 1.95 bits per heavy atom. The van der Waals surface area contributed by atoms with Gasteiger partial charge < -0.3 is 5.32 Å². The van der Waals surface area contributed by atoms with Crippen LogP contribution in [0.5, 0.6) is 0 Å². The average Bonchev–Trinajstić information content (AvgIpc) is 2.84. The first-order chi connectivity index (χ1) is 9.72. The van der Waals surface area contributed by atoms with Gasteiger partial charge in [0.2, 0.25) is 5.91 Å². The first-order valence-corrected chi connectivity index (χ1v) is 6.48. The quantitative estimate of drug-likeness (QED) is 0.791. The van der Waals surface area contributed by atoms with Gasteiger partial charge in [-0.15, -0.1) is 0 Å². The zero-order valence-corrected chi connectivity index (χ0v) is 11.2. The van der Waals surface area contributed by atoms with Crippen molar-refractivity contribution >= 4 is 22.5 Å². The summed E-state index contributed by atoms with van der Waals surface area (Å²) in [6.07, 6.45) is 2.14. The minimum absolute atomic E-state index is 0.0555. The minimum Gasteiger partial charge on any atom is -0.309 e. The minimum atomic E-state index is -0.0555. The Bertz CT molecular complexity index is 756. The number of hydrogen-bond acceptors (Lipinski definition) is 2. The lowest BCUT2D eigenvalue weighted by Gasteiger charge is -2.06. The molecule has 0 bridgehead atoms. The van der Waals surface area contributed by atoms with Gasteiger partial charge in [-0.1, -0.05) is 42.5 Å². The number of rotatable bonds is 3. The molecular formula is C16H15N3O. The molecule has 0 saturated carbocycles. The van der Waals surface area contributed by atoms with Gasteiger partial charge in [-0.05, 0) is 16.3 Å². The van der Waals surface area contributed by atoms with Crippen LogP contribution in [-0.2, 0) is 18.3 Å². The molecule has 3 rings (SSSR count). The molecule has 0 atom stereocenters. The predicted molar refractivity (Wildman–Crippen MR) is 79.5 cm³/mol. The fourth-order valence-corrected chi connectivity index (χ4v) is 2.29. The molecule has 3 aromatic rings. The van der Waals surface area contributed by atoms with Crippen molar-refractivity contribution in [1.82, 2.24) is 9.78 Å². The third-order valence-corrected chi connectivity index (χ3v) is 3.21. The highest BCUT2D eigenvalue weighted by Crippen LogP contribution is 2.19. The predicted octanol–water partition coefficient (Wildman–Crippen LogP) is 2.75. The second-order valence-electron chi connectivity index (χ2n) is 4.74. The van der Waals surface area contributed by atoms with E-state index in [1.54, 1.807) is 16.9 Å². The van der Waals surface area contributed by atoms with Crippen LogP contribution in [0.4, 0.5) is 5.82 Å². The summed E-state index contributed by atoms with van der Waals surface area (Å²) in [4.78, 5) is 12.1. The highest BCUT2D eigenvalue weighted by atomic mass is 16.1. The zero-order valence-electron chi connectivity index (χ0n) is 11.2. The van der Waals surface area contributed by atoms with Crippen molar-refractivity contribution < 1.29 is 4.79 Å². The number of aromatic nitrogens is 2. The molecule has 4 nitrogen and oxygen atoms in total. The standard InChI is InChI=1S/C16H15N3O/c1-19-10-9-15(18-19)17-16(20)11-13-7-4-6-12-5-2-3-8-14(12)13/h2-10H,11H2,1H3,(H,17,18,20). The topological polar surface area (TPSA) is 46.9 Å². The van der Waals surface area contributed by atoms with Crippen LogP contribution in [0.3, 0.4) is 0 Å². The van der Waals surface area contributed by atoms with Gasteiger partial charge in [0.05, 0.1) is 6.42 Å². The molecule has 1 N–H and O–H groups in total. The molecule has 0 spiro atoms. The molecule has 0 aliphatic heterocycles. The number of anilines is 1. The van der Waals surface area contributed by atoms with E-state index in [-0.39, 0.29) is 5.91 Å². The summed E-state index contributed by atoms with van der Waals surface area (Å²) < 4.78 is 1.66. The van der Waals surface area contributed by atoms with E-state index >= 15 is 0 Å². The number of carbonyl (C=O) groups excluding carboxylic acids is 1. The molecule has 100 valence electrons. The van der Waals surface area contributed by atoms with Gasteiger partial charge >= 0.3 is 0 Å². The van der Waals surface area contributed by atoms with Gasteiger partial charge in [-0.3, -0.25) is 9.48 Å². The van der Waals surface area contributed by atoms with Crippen LogP contribution < -0.4 is 5.32 Å². The number of nitrogens with one attached hydrogen (secondary N) is 1. The van der Waals surface area contributed by atoms with Crippen molar-refractivity contribution in [3.05, 3.63) is 60.3 Å². The Kier molecular flexibility index (Phi) is 3.21. The molecule has 1 amide bonds. The fraction of sp³-hybridized carbons (Fsp3) is 0.125. The third kappa shape index (κ3) is 2.54. The average molecular weight is 265 g/mol. The number of hydrogen-bond donors (Lipinski definition) is 1. The van der Waals surface area contributed by atoms with E-state index in [2.05, 4.69) is 22.5 Å². The molecule has 1 aromatic heterocycles. The van der Waals surface area contributed by atoms with Crippen molar-refractivity contribution in [2.75, 3.05) is 5.32 Å². The summed E-state index contributed by atoms with van der Waals surface area (Å²) >= 11 is 0. The Labute approximate surface area is 117 Å². The maximum atomic E-state index is 12.1. The van der Waals surface area contributed by atoms with E-state index in [0.29, 0.717) is 12.2 Å². The summed E-state index contributed by atoms with van der Waals surface area (Å²) in [5.74, 6) is 0.526. The number of carbonyl (C=O) groups is 1. The van der Waals surface area contributed by atoms with Crippen LogP contribution in [0.1, 0.15) is 5.56 Å². The highest BCUT2D eigenvalue weighted by Gasteiger charge is 2.08. The zero-order chi connectivity index (χ0) is 13.9. The Balaban J connectivity index is 1.81. The van der Waals surface area contributed by atoms with Gasteiger partial charge in [0.1, 0.15) is 0 Å². The molecule has 0 fully saturated rings. The lowest BCUT2D eigenvalue weighted by Crippen LogP contribution is -2.15. The largest absolute Gasteiger partial charge is 0.309 e. The molecule has 0 saturated heterocycles. The molecule has 20 heavy (non-hydrogen) atoms. The molecule has 0 aliphatic rings. The number of benzene rings is 2. The normalized spacial score (nSPS) is 10.7. The molecular weight excluding hydrogens is 250 g/mol. The first kappa shape index (κ1) is 12.4. The third-order valence-electron chi connectivity index (χ3n) is 3.21. The monoisotopic (exact) mass is 265 g/mol. The molecule has 1 heterocycles. The van der Waals surface area contributed by atoms with Crippen molar-refractivity contribution in [3.63, 3.8) is 0 Å². The molecule has 0 unspecified atom stereocenters. The number of amides is 1. The molecule has 0 radical (unpaired) electrons. The second kappa shape index (κ2) is 5.17. The van der Waals surface area contributed by atoms with Gasteiger partial charge in [0.15, 0.2) is 5.82 Å². The lowest BCUT2D eigenvalue weighted by atomic mass is 10.0. The first-order valence-electron chi connectivity index (χ1n) is 6.48. The van der Waals surface area contributed by atoms with Crippen LogP contribution in [-0.4, -0.2) is 15.7 Å². The van der Waals surface area contributed by atoms with E-state index in [4.69, 9.17) is 0 Å². The number of nitrogens with zero attached hydrogens (tertiary/aromatic N) is 2. The van der Waals surface area contributed by atoms with E-state index in [9.17, 15) is 4.79 Å². The molecule has 4 heteroatoms. The summed E-state index contributed by atoms with van der Waals surface area (Å²) in [5, 5.41) is 9.21. The molecule has 2 aromatic carbocycles. The maximum absolute atomic E-state index is 12.1. The Hall–Kier alpha value is -2.62. The van der Waals surface area contributed by atoms with E-state index in [1.807, 2.05) is 37.4 Å². The van der Waals surface area contributed by atoms with Gasteiger partial charge in [-0.25, -0.2) is 0 Å². The summed E-state index contributed by atoms with van der Waals surface area (Å²) in [6.45, 7) is 0. The Morgan fingerprint density at radius 3 is 2.75 bits per heavy atom. The van der Waals surface area contributed by atoms with Crippen LogP contribution in [0.2, 0.25) is 0 Å². The van der Waals surface area contributed by atoms with E-state index in [1.165, 1.54) is 0 Å². The van der Waals surface area contributed by atoms with Crippen LogP contribution in [0, 0.1) is 0 Å².